The first-order valence-corrected chi connectivity index (χ1v) is 8.83. The summed E-state index contributed by atoms with van der Waals surface area (Å²) in [5.74, 6) is -0.184. The Balaban J connectivity index is 1.94. The van der Waals surface area contributed by atoms with Crippen molar-refractivity contribution in [2.75, 3.05) is 0 Å². The Kier molecular flexibility index (Phi) is 4.53. The van der Waals surface area contributed by atoms with Gasteiger partial charge in [-0.15, -0.1) is 11.3 Å². The molecule has 3 rings (SSSR count). The van der Waals surface area contributed by atoms with E-state index in [-0.39, 0.29) is 22.7 Å². The largest absolute Gasteiger partial charge is 0.451 e. The molecule has 0 saturated carbocycles. The summed E-state index contributed by atoms with van der Waals surface area (Å²) in [6, 6.07) is 1.23. The molecule has 0 aliphatic carbocycles. The molecule has 26 heavy (non-hydrogen) atoms. The highest BCUT2D eigenvalue weighted by Crippen LogP contribution is 2.27. The average molecular weight is 374 g/mol. The lowest BCUT2D eigenvalue weighted by molar-refractivity contribution is 0.0314. The highest BCUT2D eigenvalue weighted by atomic mass is 32.1. The molecule has 0 amide bonds. The lowest BCUT2D eigenvalue weighted by Gasteiger charge is -2.14. The van der Waals surface area contributed by atoms with E-state index < -0.39 is 17.7 Å². The first-order valence-electron chi connectivity index (χ1n) is 8.01. The number of H-pyrrole nitrogens is 1. The van der Waals surface area contributed by atoms with Gasteiger partial charge >= 0.3 is 11.6 Å². The number of esters is 1. The van der Waals surface area contributed by atoms with Gasteiger partial charge < -0.3 is 14.1 Å². The summed E-state index contributed by atoms with van der Waals surface area (Å²) in [5, 5.41) is 0.561. The van der Waals surface area contributed by atoms with Crippen LogP contribution < -0.4 is 11.2 Å². The summed E-state index contributed by atoms with van der Waals surface area (Å²) in [6.45, 7) is 8.59. The first kappa shape index (κ1) is 18.1. The standard InChI is InChI=1S/C18H18N2O5S/c1-7-6-12(21)24-9(3)13(7)18(23)25-10(4)15-19-16(22)14-8(2)11(5)26-17(14)20-15/h6,10H,1-5H3,(H,19,20,22)/t10-/m0/s1. The van der Waals surface area contributed by atoms with Crippen molar-refractivity contribution in [3.05, 3.63) is 60.0 Å². The van der Waals surface area contributed by atoms with Gasteiger partial charge in [0.2, 0.25) is 0 Å². The first-order chi connectivity index (χ1) is 12.2. The van der Waals surface area contributed by atoms with Crippen LogP contribution in [0.3, 0.4) is 0 Å². The fraction of sp³-hybridized carbons (Fsp3) is 0.333. The second-order valence-corrected chi connectivity index (χ2v) is 7.34. The zero-order chi connectivity index (χ0) is 19.2. The maximum Gasteiger partial charge on any atom is 0.342 e. The van der Waals surface area contributed by atoms with E-state index in [0.29, 0.717) is 15.8 Å². The Hall–Kier alpha value is -2.74. The number of nitrogens with one attached hydrogen (secondary N) is 1. The van der Waals surface area contributed by atoms with E-state index in [9.17, 15) is 14.4 Å². The van der Waals surface area contributed by atoms with Crippen LogP contribution in [0.4, 0.5) is 0 Å². The number of fused-ring (bicyclic) bond motifs is 1. The topological polar surface area (TPSA) is 102 Å². The maximum absolute atomic E-state index is 12.5. The quantitative estimate of drug-likeness (QED) is 0.707. The number of hydrogen-bond acceptors (Lipinski definition) is 7. The summed E-state index contributed by atoms with van der Waals surface area (Å²) in [7, 11) is 0. The van der Waals surface area contributed by atoms with Gasteiger partial charge in [-0.05, 0) is 45.7 Å². The zero-order valence-electron chi connectivity index (χ0n) is 15.1. The van der Waals surface area contributed by atoms with Crippen molar-refractivity contribution in [3.8, 4) is 0 Å². The molecule has 8 heteroatoms. The molecule has 0 bridgehead atoms. The predicted octanol–water partition coefficient (Wildman–Crippen LogP) is 3.09. The maximum atomic E-state index is 12.5. The minimum Gasteiger partial charge on any atom is -0.451 e. The Labute approximate surface area is 152 Å². The fourth-order valence-corrected chi connectivity index (χ4v) is 3.84. The Bertz CT molecular complexity index is 1110. The van der Waals surface area contributed by atoms with E-state index in [1.807, 2.05) is 13.8 Å². The van der Waals surface area contributed by atoms with Crippen molar-refractivity contribution in [2.24, 2.45) is 0 Å². The molecule has 0 spiro atoms. The second-order valence-electron chi connectivity index (χ2n) is 6.14. The molecule has 3 heterocycles. The van der Waals surface area contributed by atoms with Gasteiger partial charge in [-0.3, -0.25) is 4.79 Å². The molecule has 7 nitrogen and oxygen atoms in total. The Morgan fingerprint density at radius 2 is 1.96 bits per heavy atom. The number of aryl methyl sites for hydroxylation is 4. The van der Waals surface area contributed by atoms with E-state index in [4.69, 9.17) is 9.15 Å². The van der Waals surface area contributed by atoms with Crippen LogP contribution in [0, 0.1) is 27.7 Å². The van der Waals surface area contributed by atoms with E-state index in [0.717, 1.165) is 10.4 Å². The Morgan fingerprint density at radius 3 is 2.62 bits per heavy atom. The number of rotatable bonds is 3. The van der Waals surface area contributed by atoms with Gasteiger partial charge in [0.15, 0.2) is 11.9 Å². The molecular weight excluding hydrogens is 356 g/mol. The van der Waals surface area contributed by atoms with Crippen molar-refractivity contribution in [2.45, 2.75) is 40.7 Å². The third-order valence-electron chi connectivity index (χ3n) is 4.26. The number of aromatic amines is 1. The summed E-state index contributed by atoms with van der Waals surface area (Å²) >= 11 is 1.42. The van der Waals surface area contributed by atoms with E-state index in [2.05, 4.69) is 9.97 Å². The molecule has 136 valence electrons. The second kappa shape index (κ2) is 6.53. The minimum atomic E-state index is -0.770. The molecule has 1 N–H and O–H groups in total. The van der Waals surface area contributed by atoms with Crippen molar-refractivity contribution >= 4 is 27.5 Å². The average Bonchev–Trinajstić information content (AvgIpc) is 2.81. The van der Waals surface area contributed by atoms with Crippen LogP contribution in [0.1, 0.15) is 51.0 Å². The van der Waals surface area contributed by atoms with E-state index in [1.165, 1.54) is 24.3 Å². The van der Waals surface area contributed by atoms with Gasteiger partial charge in [-0.25, -0.2) is 14.6 Å². The van der Waals surface area contributed by atoms with Crippen LogP contribution in [-0.2, 0) is 4.74 Å². The molecule has 3 aromatic rings. The van der Waals surface area contributed by atoms with Crippen LogP contribution in [0.25, 0.3) is 10.2 Å². The third kappa shape index (κ3) is 3.08. The van der Waals surface area contributed by atoms with Gasteiger partial charge in [0.25, 0.3) is 5.56 Å². The van der Waals surface area contributed by atoms with Crippen LogP contribution in [0.5, 0.6) is 0 Å². The summed E-state index contributed by atoms with van der Waals surface area (Å²) in [4.78, 5) is 45.0. The predicted molar refractivity (Wildman–Crippen MR) is 98.0 cm³/mol. The summed E-state index contributed by atoms with van der Waals surface area (Å²) in [6.07, 6.45) is -0.770. The van der Waals surface area contributed by atoms with Crippen molar-refractivity contribution in [1.29, 1.82) is 0 Å². The minimum absolute atomic E-state index is 0.189. The van der Waals surface area contributed by atoms with Crippen LogP contribution in [0.15, 0.2) is 20.1 Å². The molecule has 0 aliphatic heterocycles. The van der Waals surface area contributed by atoms with Crippen molar-refractivity contribution in [1.82, 2.24) is 9.97 Å². The highest BCUT2D eigenvalue weighted by molar-refractivity contribution is 7.18. The number of ether oxygens (including phenoxy) is 1. The van der Waals surface area contributed by atoms with Crippen molar-refractivity contribution < 1.29 is 13.9 Å². The van der Waals surface area contributed by atoms with Crippen LogP contribution in [-0.4, -0.2) is 15.9 Å². The molecule has 0 fully saturated rings. The number of carbonyl (C=O) groups is 1. The molecule has 0 saturated heterocycles. The fourth-order valence-electron chi connectivity index (χ4n) is 2.80. The molecule has 0 aromatic carbocycles. The Morgan fingerprint density at radius 1 is 1.27 bits per heavy atom. The van der Waals surface area contributed by atoms with Gasteiger partial charge in [-0.1, -0.05) is 0 Å². The SMILES string of the molecule is Cc1cc(=O)oc(C)c1C(=O)O[C@@H](C)c1nc2sc(C)c(C)c2c(=O)[nH]1. The molecular formula is C18H18N2O5S. The third-order valence-corrected chi connectivity index (χ3v) is 5.37. The van der Waals surface area contributed by atoms with Crippen LogP contribution >= 0.6 is 11.3 Å². The number of hydrogen-bond donors (Lipinski definition) is 1. The van der Waals surface area contributed by atoms with Crippen LogP contribution in [0.2, 0.25) is 0 Å². The number of aromatic nitrogens is 2. The monoisotopic (exact) mass is 374 g/mol. The summed E-state index contributed by atoms with van der Waals surface area (Å²) in [5.41, 5.74) is 0.790. The number of thiophene rings is 1. The molecule has 0 radical (unpaired) electrons. The van der Waals surface area contributed by atoms with Gasteiger partial charge in [0, 0.05) is 10.9 Å². The normalized spacial score (nSPS) is 12.3. The molecule has 1 atom stereocenters. The van der Waals surface area contributed by atoms with Gasteiger partial charge in [0.05, 0.1) is 5.39 Å². The lowest BCUT2D eigenvalue weighted by Crippen LogP contribution is -2.19. The smallest absolute Gasteiger partial charge is 0.342 e. The van der Waals surface area contributed by atoms with Gasteiger partial charge in [-0.2, -0.15) is 0 Å². The molecule has 3 aromatic heterocycles. The molecule has 0 unspecified atom stereocenters. The lowest BCUT2D eigenvalue weighted by atomic mass is 10.1. The zero-order valence-corrected chi connectivity index (χ0v) is 15.9. The van der Waals surface area contributed by atoms with Gasteiger partial charge in [0.1, 0.15) is 16.2 Å². The molecule has 0 aliphatic rings. The number of nitrogens with zero attached hydrogens (tertiary/aromatic N) is 1. The van der Waals surface area contributed by atoms with E-state index in [1.54, 1.807) is 13.8 Å². The summed E-state index contributed by atoms with van der Waals surface area (Å²) < 4.78 is 10.4. The van der Waals surface area contributed by atoms with Crippen molar-refractivity contribution in [3.63, 3.8) is 0 Å². The van der Waals surface area contributed by atoms with E-state index >= 15 is 0 Å². The number of carbonyl (C=O) groups excluding carboxylic acids is 1. The highest BCUT2D eigenvalue weighted by Gasteiger charge is 2.22.